The van der Waals surface area contributed by atoms with Crippen LogP contribution < -0.4 is 5.32 Å². The molecule has 1 nitrogen and oxygen atoms in total. The van der Waals surface area contributed by atoms with Gasteiger partial charge in [0.15, 0.2) is 0 Å². The highest BCUT2D eigenvalue weighted by Gasteiger charge is 2.18. The Bertz CT molecular complexity index is 252. The summed E-state index contributed by atoms with van der Waals surface area (Å²) in [5, 5.41) is 6.15. The lowest BCUT2D eigenvalue weighted by Gasteiger charge is -2.25. The number of hydrogen-bond acceptors (Lipinski definition) is 2. The van der Waals surface area contributed by atoms with Gasteiger partial charge in [0, 0.05) is 22.8 Å². The van der Waals surface area contributed by atoms with Crippen LogP contribution in [0.1, 0.15) is 30.6 Å². The lowest BCUT2D eigenvalue weighted by atomic mass is 9.95. The summed E-state index contributed by atoms with van der Waals surface area (Å²) >= 11 is 7.88. The van der Waals surface area contributed by atoms with Crippen molar-refractivity contribution >= 4 is 22.9 Å². The Morgan fingerprint density at radius 3 is 2.79 bits per heavy atom. The highest BCUT2D eigenvalue weighted by molar-refractivity contribution is 7.09. The van der Waals surface area contributed by atoms with Gasteiger partial charge in [0.25, 0.3) is 0 Å². The Morgan fingerprint density at radius 1 is 1.36 bits per heavy atom. The third-order valence-electron chi connectivity index (χ3n) is 2.80. The Kier molecular flexibility index (Phi) is 3.85. The topological polar surface area (TPSA) is 12.0 Å². The SMILES string of the molecule is ClC1CCC(NCc2cccs2)CC1. The summed E-state index contributed by atoms with van der Waals surface area (Å²) < 4.78 is 0. The Labute approximate surface area is 94.5 Å². The van der Waals surface area contributed by atoms with Crippen molar-refractivity contribution in [2.24, 2.45) is 0 Å². The number of thiophene rings is 1. The second-order valence-electron chi connectivity index (χ2n) is 3.91. The Morgan fingerprint density at radius 2 is 2.14 bits per heavy atom. The first-order valence-electron chi connectivity index (χ1n) is 5.24. The van der Waals surface area contributed by atoms with Gasteiger partial charge < -0.3 is 5.32 Å². The van der Waals surface area contributed by atoms with E-state index in [9.17, 15) is 0 Å². The third kappa shape index (κ3) is 2.97. The van der Waals surface area contributed by atoms with E-state index in [-0.39, 0.29) is 0 Å². The maximum absolute atomic E-state index is 6.06. The van der Waals surface area contributed by atoms with Gasteiger partial charge in [-0.05, 0) is 37.1 Å². The molecule has 0 unspecified atom stereocenters. The van der Waals surface area contributed by atoms with E-state index in [1.165, 1.54) is 30.6 Å². The normalized spacial score (nSPS) is 27.8. The molecule has 0 aliphatic heterocycles. The van der Waals surface area contributed by atoms with E-state index >= 15 is 0 Å². The summed E-state index contributed by atoms with van der Waals surface area (Å²) in [7, 11) is 0. The van der Waals surface area contributed by atoms with Crippen LogP contribution in [-0.4, -0.2) is 11.4 Å². The van der Waals surface area contributed by atoms with E-state index in [0.29, 0.717) is 11.4 Å². The standard InChI is InChI=1S/C11H16ClNS/c12-9-3-5-10(6-4-9)13-8-11-2-1-7-14-11/h1-2,7,9-10,13H,3-6,8H2. The predicted molar refractivity (Wildman–Crippen MR) is 63.1 cm³/mol. The molecule has 1 fully saturated rings. The summed E-state index contributed by atoms with van der Waals surface area (Å²) in [6.45, 7) is 1.02. The van der Waals surface area contributed by atoms with Gasteiger partial charge in [-0.3, -0.25) is 0 Å². The molecule has 1 saturated carbocycles. The van der Waals surface area contributed by atoms with Crippen LogP contribution in [0.2, 0.25) is 0 Å². The van der Waals surface area contributed by atoms with E-state index in [1.54, 1.807) is 0 Å². The van der Waals surface area contributed by atoms with Crippen LogP contribution in [0.3, 0.4) is 0 Å². The molecule has 2 rings (SSSR count). The van der Waals surface area contributed by atoms with Crippen LogP contribution in [0.5, 0.6) is 0 Å². The summed E-state index contributed by atoms with van der Waals surface area (Å²) in [5.74, 6) is 0. The van der Waals surface area contributed by atoms with Gasteiger partial charge in [0.05, 0.1) is 0 Å². The van der Waals surface area contributed by atoms with Crippen molar-refractivity contribution in [1.82, 2.24) is 5.32 Å². The molecule has 1 aliphatic rings. The van der Waals surface area contributed by atoms with Gasteiger partial charge in [0.2, 0.25) is 0 Å². The van der Waals surface area contributed by atoms with Crippen LogP contribution in [-0.2, 0) is 6.54 Å². The van der Waals surface area contributed by atoms with Crippen molar-refractivity contribution in [3.63, 3.8) is 0 Å². The third-order valence-corrected chi connectivity index (χ3v) is 4.11. The largest absolute Gasteiger partial charge is 0.309 e. The van der Waals surface area contributed by atoms with Gasteiger partial charge in [-0.15, -0.1) is 22.9 Å². The van der Waals surface area contributed by atoms with E-state index in [0.717, 1.165) is 6.54 Å². The number of rotatable bonds is 3. The highest BCUT2D eigenvalue weighted by Crippen LogP contribution is 2.23. The number of halogens is 1. The molecule has 0 spiro atoms. The molecule has 1 aromatic rings. The zero-order valence-electron chi connectivity index (χ0n) is 8.21. The van der Waals surface area contributed by atoms with E-state index in [2.05, 4.69) is 22.8 Å². The summed E-state index contributed by atoms with van der Waals surface area (Å²) in [4.78, 5) is 1.43. The molecular weight excluding hydrogens is 214 g/mol. The number of nitrogens with one attached hydrogen (secondary N) is 1. The molecule has 0 saturated heterocycles. The van der Waals surface area contributed by atoms with Crippen molar-refractivity contribution in [3.05, 3.63) is 22.4 Å². The summed E-state index contributed by atoms with van der Waals surface area (Å²) in [5.41, 5.74) is 0. The second kappa shape index (κ2) is 5.15. The fourth-order valence-corrected chi connectivity index (χ4v) is 2.82. The minimum atomic E-state index is 0.426. The van der Waals surface area contributed by atoms with Crippen LogP contribution in [0.15, 0.2) is 17.5 Å². The maximum atomic E-state index is 6.06. The molecule has 14 heavy (non-hydrogen) atoms. The van der Waals surface area contributed by atoms with Crippen molar-refractivity contribution in [3.8, 4) is 0 Å². The molecule has 78 valence electrons. The molecule has 0 aromatic carbocycles. The first kappa shape index (κ1) is 10.5. The Balaban J connectivity index is 1.71. The van der Waals surface area contributed by atoms with Crippen molar-refractivity contribution in [1.29, 1.82) is 0 Å². The zero-order chi connectivity index (χ0) is 9.80. The van der Waals surface area contributed by atoms with Crippen molar-refractivity contribution < 1.29 is 0 Å². The number of hydrogen-bond donors (Lipinski definition) is 1. The van der Waals surface area contributed by atoms with Gasteiger partial charge in [0.1, 0.15) is 0 Å². The lowest BCUT2D eigenvalue weighted by molar-refractivity contribution is 0.377. The zero-order valence-corrected chi connectivity index (χ0v) is 9.78. The predicted octanol–water partition coefficient (Wildman–Crippen LogP) is 3.39. The van der Waals surface area contributed by atoms with E-state index in [4.69, 9.17) is 11.6 Å². The summed E-state index contributed by atoms with van der Waals surface area (Å²) in [6.07, 6.45) is 4.81. The molecule has 1 aliphatic carbocycles. The van der Waals surface area contributed by atoms with Crippen molar-refractivity contribution in [2.75, 3.05) is 0 Å². The first-order valence-corrected chi connectivity index (χ1v) is 6.56. The quantitative estimate of drug-likeness (QED) is 0.784. The number of alkyl halides is 1. The van der Waals surface area contributed by atoms with Crippen LogP contribution in [0, 0.1) is 0 Å². The van der Waals surface area contributed by atoms with Gasteiger partial charge in [-0.25, -0.2) is 0 Å². The van der Waals surface area contributed by atoms with Crippen LogP contribution in [0.25, 0.3) is 0 Å². The van der Waals surface area contributed by atoms with Crippen LogP contribution in [0.4, 0.5) is 0 Å². The molecule has 1 heterocycles. The second-order valence-corrected chi connectivity index (χ2v) is 5.56. The maximum Gasteiger partial charge on any atom is 0.0337 e. The summed E-state index contributed by atoms with van der Waals surface area (Å²) in [6, 6.07) is 4.98. The average molecular weight is 230 g/mol. The lowest BCUT2D eigenvalue weighted by Crippen LogP contribution is -2.32. The molecule has 0 bridgehead atoms. The minimum Gasteiger partial charge on any atom is -0.309 e. The molecule has 3 heteroatoms. The minimum absolute atomic E-state index is 0.426. The van der Waals surface area contributed by atoms with E-state index < -0.39 is 0 Å². The van der Waals surface area contributed by atoms with Gasteiger partial charge in [-0.1, -0.05) is 6.07 Å². The molecule has 0 amide bonds. The molecule has 1 N–H and O–H groups in total. The van der Waals surface area contributed by atoms with Crippen molar-refractivity contribution in [2.45, 2.75) is 43.6 Å². The average Bonchev–Trinajstić information content (AvgIpc) is 2.70. The molecule has 0 radical (unpaired) electrons. The fourth-order valence-electron chi connectivity index (χ4n) is 1.91. The van der Waals surface area contributed by atoms with Gasteiger partial charge >= 0.3 is 0 Å². The highest BCUT2D eigenvalue weighted by atomic mass is 35.5. The smallest absolute Gasteiger partial charge is 0.0337 e. The monoisotopic (exact) mass is 229 g/mol. The van der Waals surface area contributed by atoms with Crippen LogP contribution >= 0.6 is 22.9 Å². The van der Waals surface area contributed by atoms with E-state index in [1.807, 2.05) is 11.3 Å². The Hall–Kier alpha value is -0.0500. The molecule has 0 atom stereocenters. The fraction of sp³-hybridized carbons (Fsp3) is 0.636. The van der Waals surface area contributed by atoms with Gasteiger partial charge in [-0.2, -0.15) is 0 Å². The molecular formula is C11H16ClNS. The first-order chi connectivity index (χ1) is 6.84. The molecule has 1 aromatic heterocycles.